The van der Waals surface area contributed by atoms with Gasteiger partial charge >= 0.3 is 0 Å². The Kier molecular flexibility index (Phi) is 6.94. The average Bonchev–Trinajstić information content (AvgIpc) is 3.43. The third-order valence-electron chi connectivity index (χ3n) is 6.16. The molecule has 6 heteroatoms. The van der Waals surface area contributed by atoms with E-state index in [9.17, 15) is 9.90 Å². The summed E-state index contributed by atoms with van der Waals surface area (Å²) in [5, 5.41) is 16.4. The van der Waals surface area contributed by atoms with E-state index in [4.69, 9.17) is 5.73 Å². The third kappa shape index (κ3) is 5.38. The fourth-order valence-electron chi connectivity index (χ4n) is 4.22. The van der Waals surface area contributed by atoms with E-state index in [2.05, 4.69) is 34.9 Å². The molecule has 5 N–H and O–H groups in total. The molecule has 3 atom stereocenters. The number of nitrogens with two attached hydrogens (primary N) is 1. The first-order valence-electron chi connectivity index (χ1n) is 11.2. The lowest BCUT2D eigenvalue weighted by molar-refractivity contribution is 0.0939. The van der Waals surface area contributed by atoms with Crippen LogP contribution in [0.15, 0.2) is 54.6 Å². The van der Waals surface area contributed by atoms with Gasteiger partial charge in [-0.1, -0.05) is 24.3 Å². The average molecular weight is 450 g/mol. The Bertz CT molecular complexity index is 1090. The second-order valence-electron chi connectivity index (χ2n) is 8.71. The van der Waals surface area contributed by atoms with Crippen molar-refractivity contribution in [1.82, 2.24) is 10.6 Å². The molecule has 1 aliphatic rings. The number of nitrogens with one attached hydrogen (secondary N) is 2. The second kappa shape index (κ2) is 9.86. The SMILES string of the molecule is Cc1ccc(N)cc1C(=O)N[C@H](C)c1cccc(-c2ccc(CNC3CC[C@@H](O)C3)s2)c1. The topological polar surface area (TPSA) is 87.4 Å². The molecule has 1 unspecified atom stereocenters. The minimum atomic E-state index is -0.153. The number of aryl methyl sites for hydroxylation is 1. The number of hydrogen-bond donors (Lipinski definition) is 4. The number of carbonyl (C=O) groups excluding carboxylic acids is 1. The summed E-state index contributed by atoms with van der Waals surface area (Å²) in [7, 11) is 0. The summed E-state index contributed by atoms with van der Waals surface area (Å²) in [6.07, 6.45) is 2.63. The number of rotatable bonds is 7. The molecular formula is C26H31N3O2S. The largest absolute Gasteiger partial charge is 0.399 e. The van der Waals surface area contributed by atoms with Crippen LogP contribution in [0.1, 0.15) is 58.6 Å². The molecule has 1 saturated carbocycles. The fourth-order valence-corrected chi connectivity index (χ4v) is 5.17. The third-order valence-corrected chi connectivity index (χ3v) is 7.29. The van der Waals surface area contributed by atoms with Crippen LogP contribution in [0.2, 0.25) is 0 Å². The van der Waals surface area contributed by atoms with Crippen LogP contribution in [0.25, 0.3) is 10.4 Å². The molecular weight excluding hydrogens is 418 g/mol. The molecule has 0 bridgehead atoms. The van der Waals surface area contributed by atoms with E-state index in [-0.39, 0.29) is 18.1 Å². The molecule has 1 heterocycles. The minimum absolute atomic E-state index is 0.116. The van der Waals surface area contributed by atoms with Gasteiger partial charge in [-0.2, -0.15) is 0 Å². The van der Waals surface area contributed by atoms with Gasteiger partial charge in [0.15, 0.2) is 0 Å². The van der Waals surface area contributed by atoms with Gasteiger partial charge in [0.25, 0.3) is 5.91 Å². The molecule has 3 aromatic rings. The van der Waals surface area contributed by atoms with Crippen LogP contribution in [0.4, 0.5) is 5.69 Å². The van der Waals surface area contributed by atoms with Gasteiger partial charge in [-0.05, 0) is 80.1 Å². The molecule has 1 amide bonds. The molecule has 2 aromatic carbocycles. The quantitative estimate of drug-likeness (QED) is 0.390. The number of hydrogen-bond acceptors (Lipinski definition) is 5. The molecule has 168 valence electrons. The Morgan fingerprint density at radius 1 is 1.19 bits per heavy atom. The van der Waals surface area contributed by atoms with Crippen LogP contribution < -0.4 is 16.4 Å². The van der Waals surface area contributed by atoms with Crippen molar-refractivity contribution in [2.24, 2.45) is 0 Å². The van der Waals surface area contributed by atoms with Crippen LogP contribution in [-0.4, -0.2) is 23.2 Å². The predicted molar refractivity (Wildman–Crippen MR) is 132 cm³/mol. The Hall–Kier alpha value is -2.67. The van der Waals surface area contributed by atoms with Crippen LogP contribution >= 0.6 is 11.3 Å². The Labute approximate surface area is 193 Å². The van der Waals surface area contributed by atoms with Gasteiger partial charge in [-0.3, -0.25) is 4.79 Å². The number of anilines is 1. The normalized spacial score (nSPS) is 19.1. The zero-order chi connectivity index (χ0) is 22.7. The van der Waals surface area contributed by atoms with Crippen molar-refractivity contribution in [1.29, 1.82) is 0 Å². The monoisotopic (exact) mass is 449 g/mol. The lowest BCUT2D eigenvalue weighted by atomic mass is 10.0. The summed E-state index contributed by atoms with van der Waals surface area (Å²) in [5.74, 6) is -0.116. The highest BCUT2D eigenvalue weighted by Crippen LogP contribution is 2.30. The highest BCUT2D eigenvalue weighted by Gasteiger charge is 2.22. The molecule has 1 aliphatic carbocycles. The molecule has 0 spiro atoms. The van der Waals surface area contributed by atoms with Gasteiger partial charge in [0, 0.05) is 33.6 Å². The van der Waals surface area contributed by atoms with Crippen molar-refractivity contribution in [3.63, 3.8) is 0 Å². The fraction of sp³-hybridized carbons (Fsp3) is 0.346. The first-order chi connectivity index (χ1) is 15.4. The number of nitrogen functional groups attached to an aromatic ring is 1. The van der Waals surface area contributed by atoms with E-state index in [0.717, 1.165) is 42.5 Å². The molecule has 5 nitrogen and oxygen atoms in total. The summed E-state index contributed by atoms with van der Waals surface area (Å²) >= 11 is 1.78. The molecule has 32 heavy (non-hydrogen) atoms. The number of aliphatic hydroxyl groups is 1. The van der Waals surface area contributed by atoms with Gasteiger partial charge < -0.3 is 21.5 Å². The van der Waals surface area contributed by atoms with Crippen LogP contribution in [-0.2, 0) is 6.54 Å². The molecule has 4 rings (SSSR count). The van der Waals surface area contributed by atoms with Crippen molar-refractivity contribution >= 4 is 22.9 Å². The van der Waals surface area contributed by atoms with Crippen molar-refractivity contribution in [2.45, 2.75) is 57.8 Å². The van der Waals surface area contributed by atoms with Gasteiger partial charge in [0.1, 0.15) is 0 Å². The number of amides is 1. The maximum Gasteiger partial charge on any atom is 0.252 e. The Morgan fingerprint density at radius 2 is 2.03 bits per heavy atom. The summed E-state index contributed by atoms with van der Waals surface area (Å²) in [4.78, 5) is 15.3. The lowest BCUT2D eigenvalue weighted by Crippen LogP contribution is -2.27. The van der Waals surface area contributed by atoms with Crippen molar-refractivity contribution in [2.75, 3.05) is 5.73 Å². The number of carbonyl (C=O) groups is 1. The summed E-state index contributed by atoms with van der Waals surface area (Å²) < 4.78 is 0. The second-order valence-corrected chi connectivity index (χ2v) is 9.87. The first-order valence-corrected chi connectivity index (χ1v) is 12.0. The standard InChI is InChI=1S/C26H31N3O2S/c1-16-6-7-20(27)13-24(16)26(31)29-17(2)18-4-3-5-19(12-18)25-11-10-23(32-25)15-28-21-8-9-22(30)14-21/h3-7,10-13,17,21-22,28,30H,8-9,14-15,27H2,1-2H3,(H,29,31)/t17-,21?,22-/m1/s1. The van der Waals surface area contributed by atoms with Crippen molar-refractivity contribution in [3.05, 3.63) is 76.2 Å². The zero-order valence-corrected chi connectivity index (χ0v) is 19.4. The summed E-state index contributed by atoms with van der Waals surface area (Å²) in [6, 6.07) is 18.3. The molecule has 0 radical (unpaired) electrons. The smallest absolute Gasteiger partial charge is 0.252 e. The van der Waals surface area contributed by atoms with E-state index in [1.54, 1.807) is 23.5 Å². The van der Waals surface area contributed by atoms with Crippen molar-refractivity contribution < 1.29 is 9.90 Å². The van der Waals surface area contributed by atoms with Gasteiger partial charge in [-0.15, -0.1) is 11.3 Å². The highest BCUT2D eigenvalue weighted by atomic mass is 32.1. The maximum absolute atomic E-state index is 12.8. The summed E-state index contributed by atoms with van der Waals surface area (Å²) in [6.45, 7) is 4.74. The van der Waals surface area contributed by atoms with E-state index < -0.39 is 0 Å². The van der Waals surface area contributed by atoms with E-state index in [1.807, 2.05) is 32.0 Å². The molecule has 1 aromatic heterocycles. The highest BCUT2D eigenvalue weighted by molar-refractivity contribution is 7.15. The molecule has 1 fully saturated rings. The van der Waals surface area contributed by atoms with Crippen LogP contribution in [0, 0.1) is 6.92 Å². The summed E-state index contributed by atoms with van der Waals surface area (Å²) in [5.41, 5.74) is 10.2. The number of thiophene rings is 1. The van der Waals surface area contributed by atoms with Gasteiger partial charge in [-0.25, -0.2) is 0 Å². The Balaban J connectivity index is 1.41. The van der Waals surface area contributed by atoms with E-state index in [1.165, 1.54) is 9.75 Å². The van der Waals surface area contributed by atoms with Crippen LogP contribution in [0.5, 0.6) is 0 Å². The first kappa shape index (κ1) is 22.5. The minimum Gasteiger partial charge on any atom is -0.399 e. The predicted octanol–water partition coefficient (Wildman–Crippen LogP) is 4.80. The van der Waals surface area contributed by atoms with Gasteiger partial charge in [0.2, 0.25) is 0 Å². The molecule has 0 aliphatic heterocycles. The lowest BCUT2D eigenvalue weighted by Gasteiger charge is -2.16. The zero-order valence-electron chi connectivity index (χ0n) is 18.6. The van der Waals surface area contributed by atoms with Gasteiger partial charge in [0.05, 0.1) is 12.1 Å². The Morgan fingerprint density at radius 3 is 2.81 bits per heavy atom. The number of benzene rings is 2. The van der Waals surface area contributed by atoms with Crippen molar-refractivity contribution in [3.8, 4) is 10.4 Å². The van der Waals surface area contributed by atoms with E-state index in [0.29, 0.717) is 17.3 Å². The van der Waals surface area contributed by atoms with Crippen LogP contribution in [0.3, 0.4) is 0 Å². The number of aliphatic hydroxyl groups excluding tert-OH is 1. The van der Waals surface area contributed by atoms with E-state index >= 15 is 0 Å². The maximum atomic E-state index is 12.8. The molecule has 0 saturated heterocycles.